The van der Waals surface area contributed by atoms with Crippen molar-refractivity contribution < 1.29 is 0 Å². The van der Waals surface area contributed by atoms with Gasteiger partial charge >= 0.3 is 0 Å². The summed E-state index contributed by atoms with van der Waals surface area (Å²) < 4.78 is 2.56. The smallest absolute Gasteiger partial charge is 0.182 e. The zero-order chi connectivity index (χ0) is 7.84. The van der Waals surface area contributed by atoms with Gasteiger partial charge in [0.2, 0.25) is 0 Å². The summed E-state index contributed by atoms with van der Waals surface area (Å²) in [6, 6.07) is 5.66. The molecule has 0 aliphatic carbocycles. The molecule has 0 saturated heterocycles. The maximum Gasteiger partial charge on any atom is 0.182 e. The van der Waals surface area contributed by atoms with Crippen molar-refractivity contribution in [2.45, 2.75) is 0 Å². The predicted molar refractivity (Wildman–Crippen MR) is 47.9 cm³/mol. The minimum absolute atomic E-state index is 0.659. The quantitative estimate of drug-likeness (QED) is 0.637. The number of hydrogen-bond donors (Lipinski definition) is 0. The summed E-state index contributed by atoms with van der Waals surface area (Å²) in [6.45, 7) is 0. The first-order chi connectivity index (χ1) is 5.29. The molecule has 0 amide bonds. The third-order valence-corrected chi connectivity index (χ3v) is 2.31. The monoisotopic (exact) mass is 230 g/mol. The van der Waals surface area contributed by atoms with Crippen LogP contribution in [0, 0.1) is 0 Å². The third kappa shape index (κ3) is 1.04. The van der Waals surface area contributed by atoms with Crippen LogP contribution in [0.4, 0.5) is 0 Å². The van der Waals surface area contributed by atoms with Crippen LogP contribution in [0.3, 0.4) is 0 Å². The molecular formula is C7H4BrClN2. The molecule has 2 aromatic rings. The van der Waals surface area contributed by atoms with Crippen molar-refractivity contribution in [1.29, 1.82) is 0 Å². The Hall–Kier alpha value is -0.540. The van der Waals surface area contributed by atoms with E-state index in [1.54, 1.807) is 6.20 Å². The average molecular weight is 231 g/mol. The minimum Gasteiger partial charge on any atom is -0.277 e. The maximum atomic E-state index is 5.90. The topological polar surface area (TPSA) is 17.3 Å². The van der Waals surface area contributed by atoms with Gasteiger partial charge in [-0.25, -0.2) is 4.98 Å². The van der Waals surface area contributed by atoms with E-state index in [0.29, 0.717) is 5.15 Å². The number of imidazole rings is 1. The molecule has 0 spiro atoms. The Bertz CT molecular complexity index is 396. The lowest BCUT2D eigenvalue weighted by atomic mass is 10.4. The van der Waals surface area contributed by atoms with Crippen LogP contribution in [0.1, 0.15) is 0 Å². The highest BCUT2D eigenvalue weighted by atomic mass is 79.9. The zero-order valence-electron chi connectivity index (χ0n) is 5.46. The number of hydrogen-bond acceptors (Lipinski definition) is 1. The maximum absolute atomic E-state index is 5.90. The number of nitrogens with zero attached hydrogens (tertiary/aromatic N) is 2. The molecule has 2 aromatic heterocycles. The van der Waals surface area contributed by atoms with Crippen LogP contribution in [0.25, 0.3) is 5.52 Å². The van der Waals surface area contributed by atoms with Crippen molar-refractivity contribution >= 4 is 33.0 Å². The minimum atomic E-state index is 0.659. The SMILES string of the molecule is Clc1cccc2cnc(Br)n12. The van der Waals surface area contributed by atoms with E-state index in [4.69, 9.17) is 11.6 Å². The Morgan fingerprint density at radius 1 is 1.45 bits per heavy atom. The average Bonchev–Trinajstić information content (AvgIpc) is 2.34. The largest absolute Gasteiger partial charge is 0.277 e. The molecule has 0 aliphatic rings. The molecule has 0 unspecified atom stereocenters. The summed E-state index contributed by atoms with van der Waals surface area (Å²) in [5.41, 5.74) is 0.990. The van der Waals surface area contributed by atoms with Crippen molar-refractivity contribution in [2.24, 2.45) is 0 Å². The molecule has 0 saturated carbocycles. The van der Waals surface area contributed by atoms with Gasteiger partial charge in [-0.05, 0) is 28.1 Å². The molecular weight excluding hydrogens is 227 g/mol. The highest BCUT2D eigenvalue weighted by Crippen LogP contribution is 2.18. The van der Waals surface area contributed by atoms with Gasteiger partial charge in [-0.1, -0.05) is 17.7 Å². The summed E-state index contributed by atoms with van der Waals surface area (Å²) in [6.07, 6.45) is 1.76. The van der Waals surface area contributed by atoms with Crippen LogP contribution < -0.4 is 0 Å². The van der Waals surface area contributed by atoms with Gasteiger partial charge in [0.05, 0.1) is 11.7 Å². The van der Waals surface area contributed by atoms with Crippen molar-refractivity contribution in [3.63, 3.8) is 0 Å². The molecule has 56 valence electrons. The number of pyridine rings is 1. The second kappa shape index (κ2) is 2.50. The van der Waals surface area contributed by atoms with Crippen molar-refractivity contribution in [3.05, 3.63) is 34.3 Å². The van der Waals surface area contributed by atoms with Gasteiger partial charge in [-0.2, -0.15) is 0 Å². The number of rotatable bonds is 0. The van der Waals surface area contributed by atoms with Crippen molar-refractivity contribution in [3.8, 4) is 0 Å². The van der Waals surface area contributed by atoms with E-state index in [0.717, 1.165) is 10.3 Å². The summed E-state index contributed by atoms with van der Waals surface area (Å²) in [4.78, 5) is 4.05. The van der Waals surface area contributed by atoms with Crippen LogP contribution in [-0.4, -0.2) is 9.38 Å². The lowest BCUT2D eigenvalue weighted by Gasteiger charge is -1.96. The second-order valence-corrected chi connectivity index (χ2v) is 3.23. The van der Waals surface area contributed by atoms with Crippen LogP contribution in [-0.2, 0) is 0 Å². The second-order valence-electron chi connectivity index (χ2n) is 2.14. The van der Waals surface area contributed by atoms with Crippen LogP contribution in [0.2, 0.25) is 5.15 Å². The zero-order valence-corrected chi connectivity index (χ0v) is 7.80. The summed E-state index contributed by atoms with van der Waals surface area (Å²) in [5.74, 6) is 0. The van der Waals surface area contributed by atoms with Gasteiger partial charge in [-0.3, -0.25) is 4.40 Å². The molecule has 2 heterocycles. The van der Waals surface area contributed by atoms with E-state index < -0.39 is 0 Å². The number of aromatic nitrogens is 2. The summed E-state index contributed by atoms with van der Waals surface area (Å²) in [7, 11) is 0. The Balaban J connectivity index is 2.96. The van der Waals surface area contributed by atoms with E-state index in [1.165, 1.54) is 0 Å². The Kier molecular flexibility index (Phi) is 1.62. The fourth-order valence-corrected chi connectivity index (χ4v) is 1.82. The highest BCUT2D eigenvalue weighted by Gasteiger charge is 2.01. The first kappa shape index (κ1) is 7.13. The van der Waals surface area contributed by atoms with E-state index >= 15 is 0 Å². The van der Waals surface area contributed by atoms with Gasteiger partial charge in [0, 0.05) is 0 Å². The van der Waals surface area contributed by atoms with Crippen LogP contribution >= 0.6 is 27.5 Å². The molecule has 0 aromatic carbocycles. The van der Waals surface area contributed by atoms with Gasteiger partial charge in [0.15, 0.2) is 4.73 Å². The van der Waals surface area contributed by atoms with Gasteiger partial charge < -0.3 is 0 Å². The van der Waals surface area contributed by atoms with Gasteiger partial charge in [0.1, 0.15) is 5.15 Å². The van der Waals surface area contributed by atoms with Crippen molar-refractivity contribution in [1.82, 2.24) is 9.38 Å². The molecule has 2 nitrogen and oxygen atoms in total. The van der Waals surface area contributed by atoms with Gasteiger partial charge in [0.25, 0.3) is 0 Å². The fourth-order valence-electron chi connectivity index (χ4n) is 0.971. The molecule has 11 heavy (non-hydrogen) atoms. The Morgan fingerprint density at radius 2 is 2.27 bits per heavy atom. The standard InChI is InChI=1S/C7H4BrClN2/c8-7-10-4-5-2-1-3-6(9)11(5)7/h1-4H. The Morgan fingerprint density at radius 3 is 3.00 bits per heavy atom. The number of fused-ring (bicyclic) bond motifs is 1. The van der Waals surface area contributed by atoms with Crippen molar-refractivity contribution in [2.75, 3.05) is 0 Å². The number of halogens is 2. The van der Waals surface area contributed by atoms with E-state index in [2.05, 4.69) is 20.9 Å². The molecule has 0 atom stereocenters. The van der Waals surface area contributed by atoms with Gasteiger partial charge in [-0.15, -0.1) is 0 Å². The summed E-state index contributed by atoms with van der Waals surface area (Å²) >= 11 is 9.18. The van der Waals surface area contributed by atoms with Crippen LogP contribution in [0.5, 0.6) is 0 Å². The van der Waals surface area contributed by atoms with Crippen LogP contribution in [0.15, 0.2) is 29.1 Å². The lowest BCUT2D eigenvalue weighted by molar-refractivity contribution is 1.10. The lowest BCUT2D eigenvalue weighted by Crippen LogP contribution is -1.84. The molecule has 0 radical (unpaired) electrons. The highest BCUT2D eigenvalue weighted by molar-refractivity contribution is 9.10. The Labute approximate surface area is 76.9 Å². The summed E-state index contributed by atoms with van der Waals surface area (Å²) in [5, 5.41) is 0.659. The molecule has 0 aliphatic heterocycles. The van der Waals surface area contributed by atoms with E-state index in [9.17, 15) is 0 Å². The molecule has 0 N–H and O–H groups in total. The normalized spacial score (nSPS) is 10.7. The molecule has 2 rings (SSSR count). The third-order valence-electron chi connectivity index (χ3n) is 1.46. The fraction of sp³-hybridized carbons (Fsp3) is 0. The van der Waals surface area contributed by atoms with E-state index in [-0.39, 0.29) is 0 Å². The molecule has 0 fully saturated rings. The first-order valence-corrected chi connectivity index (χ1v) is 4.23. The molecule has 0 bridgehead atoms. The first-order valence-electron chi connectivity index (χ1n) is 3.06. The molecule has 4 heteroatoms. The predicted octanol–water partition coefficient (Wildman–Crippen LogP) is 2.75. The van der Waals surface area contributed by atoms with E-state index in [1.807, 2.05) is 22.6 Å².